The van der Waals surface area contributed by atoms with Crippen LogP contribution in [0.1, 0.15) is 58.2 Å². The first-order valence-corrected chi connectivity index (χ1v) is 12.8. The smallest absolute Gasteiger partial charge is 0.416 e. The van der Waals surface area contributed by atoms with E-state index in [4.69, 9.17) is 4.74 Å². The molecule has 1 atom stereocenters. The number of pyridine rings is 1. The summed E-state index contributed by atoms with van der Waals surface area (Å²) in [5.41, 5.74) is 0.545. The normalized spacial score (nSPS) is 16.2. The van der Waals surface area contributed by atoms with E-state index in [9.17, 15) is 22.8 Å². The number of amides is 1. The zero-order chi connectivity index (χ0) is 27.7. The van der Waals surface area contributed by atoms with Crippen molar-refractivity contribution in [1.29, 1.82) is 0 Å². The number of carbonyl (C=O) groups is 1. The number of benzene rings is 1. The molecule has 0 bridgehead atoms. The van der Waals surface area contributed by atoms with Crippen LogP contribution >= 0.6 is 0 Å². The van der Waals surface area contributed by atoms with Gasteiger partial charge < -0.3 is 15.0 Å². The molecule has 0 radical (unpaired) electrons. The van der Waals surface area contributed by atoms with Crippen molar-refractivity contribution in [2.24, 2.45) is 0 Å². The van der Waals surface area contributed by atoms with E-state index in [0.29, 0.717) is 36.3 Å². The second-order valence-corrected chi connectivity index (χ2v) is 10.6. The minimum absolute atomic E-state index is 0.0197. The van der Waals surface area contributed by atoms with Crippen LogP contribution in [0, 0.1) is 0 Å². The molecule has 7 nitrogen and oxygen atoms in total. The number of nitrogens with zero attached hydrogens (tertiary/aromatic N) is 3. The van der Waals surface area contributed by atoms with Crippen LogP contribution in [0.4, 0.5) is 23.7 Å². The summed E-state index contributed by atoms with van der Waals surface area (Å²) in [5.74, 6) is 0. The third-order valence-corrected chi connectivity index (χ3v) is 6.38. The number of carbonyl (C=O) groups excluding carboxylic acids is 1. The molecule has 3 heterocycles. The molecule has 1 N–H and O–H groups in total. The number of nitrogens with one attached hydrogen (secondary N) is 1. The number of aryl methyl sites for hydroxylation is 1. The van der Waals surface area contributed by atoms with Gasteiger partial charge in [0.25, 0.3) is 5.56 Å². The third-order valence-electron chi connectivity index (χ3n) is 6.38. The van der Waals surface area contributed by atoms with Crippen molar-refractivity contribution in [3.05, 3.63) is 64.2 Å². The van der Waals surface area contributed by atoms with Gasteiger partial charge in [0.1, 0.15) is 11.2 Å². The maximum Gasteiger partial charge on any atom is 0.416 e. The first-order chi connectivity index (χ1) is 17.9. The molecular weight excluding hydrogens is 497 g/mol. The molecule has 10 heteroatoms. The lowest BCUT2D eigenvalue weighted by molar-refractivity contribution is -0.137. The average molecular weight is 531 g/mol. The number of hydrogen-bond donors (Lipinski definition) is 1. The number of hydrogen-bond acceptors (Lipinski definition) is 5. The highest BCUT2D eigenvalue weighted by Crippen LogP contribution is 2.30. The zero-order valence-corrected chi connectivity index (χ0v) is 22.1. The van der Waals surface area contributed by atoms with Crippen molar-refractivity contribution < 1.29 is 22.7 Å². The molecule has 1 fully saturated rings. The largest absolute Gasteiger partial charge is 0.444 e. The number of ether oxygens (including phenoxy) is 1. The fraction of sp³-hybridized carbons (Fsp3) is 0.464. The minimum Gasteiger partial charge on any atom is -0.444 e. The molecule has 1 amide bonds. The van der Waals surface area contributed by atoms with E-state index in [1.54, 1.807) is 4.90 Å². The Morgan fingerprint density at radius 3 is 2.50 bits per heavy atom. The lowest BCUT2D eigenvalue weighted by Gasteiger charge is -2.24. The van der Waals surface area contributed by atoms with Gasteiger partial charge in [-0.2, -0.15) is 13.2 Å². The Balaban J connectivity index is 1.57. The Morgan fingerprint density at radius 1 is 1.16 bits per heavy atom. The van der Waals surface area contributed by atoms with E-state index in [-0.39, 0.29) is 17.8 Å². The molecule has 1 aliphatic heterocycles. The van der Waals surface area contributed by atoms with Crippen molar-refractivity contribution in [3.63, 3.8) is 0 Å². The molecule has 3 aromatic rings. The molecule has 2 aromatic heterocycles. The van der Waals surface area contributed by atoms with Crippen LogP contribution in [0.3, 0.4) is 0 Å². The molecule has 204 valence electrons. The minimum atomic E-state index is -4.52. The molecule has 0 spiro atoms. The highest BCUT2D eigenvalue weighted by Gasteiger charge is 2.31. The number of aromatic nitrogens is 2. The van der Waals surface area contributed by atoms with Crippen LogP contribution in [0.15, 0.2) is 47.4 Å². The van der Waals surface area contributed by atoms with Crippen molar-refractivity contribution in [2.75, 3.05) is 18.4 Å². The van der Waals surface area contributed by atoms with Crippen molar-refractivity contribution in [3.8, 4) is 11.1 Å². The summed E-state index contributed by atoms with van der Waals surface area (Å²) in [6, 6.07) is 9.20. The van der Waals surface area contributed by atoms with Crippen molar-refractivity contribution >= 4 is 17.4 Å². The van der Waals surface area contributed by atoms with Gasteiger partial charge >= 0.3 is 12.3 Å². The van der Waals surface area contributed by atoms with E-state index >= 15 is 0 Å². The average Bonchev–Trinajstić information content (AvgIpc) is 3.30. The Kier molecular flexibility index (Phi) is 7.71. The van der Waals surface area contributed by atoms with Crippen LogP contribution in [0.2, 0.25) is 0 Å². The Labute approximate surface area is 219 Å². The van der Waals surface area contributed by atoms with Crippen LogP contribution in [0.25, 0.3) is 16.8 Å². The van der Waals surface area contributed by atoms with Gasteiger partial charge in [0.05, 0.1) is 16.8 Å². The van der Waals surface area contributed by atoms with Crippen LogP contribution in [-0.4, -0.2) is 45.1 Å². The van der Waals surface area contributed by atoms with Gasteiger partial charge in [-0.05, 0) is 69.9 Å². The summed E-state index contributed by atoms with van der Waals surface area (Å²) in [5, 5.41) is 3.43. The second kappa shape index (κ2) is 10.7. The molecule has 0 unspecified atom stereocenters. The number of anilines is 1. The summed E-state index contributed by atoms with van der Waals surface area (Å²) in [6.07, 6.45) is -0.851. The monoisotopic (exact) mass is 530 g/mol. The Bertz CT molecular complexity index is 1360. The first kappa shape index (κ1) is 27.5. The van der Waals surface area contributed by atoms with E-state index in [1.165, 1.54) is 0 Å². The first-order valence-electron chi connectivity index (χ1n) is 12.8. The topological polar surface area (TPSA) is 75.9 Å². The van der Waals surface area contributed by atoms with Crippen LogP contribution in [0.5, 0.6) is 0 Å². The number of fused-ring (bicyclic) bond motifs is 1. The van der Waals surface area contributed by atoms with E-state index < -0.39 is 22.9 Å². The number of likely N-dealkylation sites (tertiary alicyclic amines) is 1. The number of halogens is 3. The summed E-state index contributed by atoms with van der Waals surface area (Å²) in [4.78, 5) is 31.9. The molecule has 1 aromatic carbocycles. The van der Waals surface area contributed by atoms with Gasteiger partial charge in [-0.1, -0.05) is 25.5 Å². The third kappa shape index (κ3) is 6.28. The summed E-state index contributed by atoms with van der Waals surface area (Å²) >= 11 is 0. The molecule has 38 heavy (non-hydrogen) atoms. The predicted octanol–water partition coefficient (Wildman–Crippen LogP) is 6.14. The van der Waals surface area contributed by atoms with E-state index in [0.717, 1.165) is 47.7 Å². The summed E-state index contributed by atoms with van der Waals surface area (Å²) in [6.45, 7) is 8.63. The van der Waals surface area contributed by atoms with E-state index in [2.05, 4.69) is 10.3 Å². The predicted molar refractivity (Wildman–Crippen MR) is 140 cm³/mol. The van der Waals surface area contributed by atoms with Crippen LogP contribution < -0.4 is 10.9 Å². The zero-order valence-electron chi connectivity index (χ0n) is 22.1. The lowest BCUT2D eigenvalue weighted by Crippen LogP contribution is -2.36. The summed E-state index contributed by atoms with van der Waals surface area (Å²) in [7, 11) is 0. The SMILES string of the molecule is CCCCc1nc2cc(C(F)(F)F)ccn2c(=O)c1-c1ccc(N[C@@H]2CCN(C(=O)OC(C)(C)C)C2)cc1. The Hall–Kier alpha value is -3.56. The maximum absolute atomic E-state index is 13.4. The maximum atomic E-state index is 13.4. The fourth-order valence-corrected chi connectivity index (χ4v) is 4.51. The number of alkyl halides is 3. The fourth-order valence-electron chi connectivity index (χ4n) is 4.51. The van der Waals surface area contributed by atoms with Crippen LogP contribution in [-0.2, 0) is 17.3 Å². The van der Waals surface area contributed by atoms with Crippen molar-refractivity contribution in [2.45, 2.75) is 71.2 Å². The Morgan fingerprint density at radius 2 is 1.87 bits per heavy atom. The van der Waals surface area contributed by atoms with Gasteiger partial charge in [0, 0.05) is 31.0 Å². The molecular formula is C28H33F3N4O3. The highest BCUT2D eigenvalue weighted by molar-refractivity contribution is 5.70. The van der Waals surface area contributed by atoms with E-state index in [1.807, 2.05) is 52.0 Å². The molecule has 4 rings (SSSR count). The molecule has 1 saturated heterocycles. The van der Waals surface area contributed by atoms with Gasteiger partial charge in [-0.15, -0.1) is 0 Å². The van der Waals surface area contributed by atoms with Gasteiger partial charge in [0.2, 0.25) is 0 Å². The number of unbranched alkanes of at least 4 members (excludes halogenated alkanes) is 1. The highest BCUT2D eigenvalue weighted by atomic mass is 19.4. The standard InChI is InChI=1S/C28H33F3N4O3/c1-5-6-7-22-24(25(36)35-15-12-19(28(29,30)31)16-23(35)33-22)18-8-10-20(11-9-18)32-21-13-14-34(17-21)26(37)38-27(2,3)4/h8-12,15-16,21,32H,5-7,13-14,17H2,1-4H3/t21-/m1/s1. The molecule has 0 aliphatic carbocycles. The summed E-state index contributed by atoms with van der Waals surface area (Å²) < 4.78 is 46.3. The second-order valence-electron chi connectivity index (χ2n) is 10.6. The van der Waals surface area contributed by atoms with Gasteiger partial charge in [-0.25, -0.2) is 9.78 Å². The molecule has 1 aliphatic rings. The number of rotatable bonds is 6. The van der Waals surface area contributed by atoms with Gasteiger partial charge in [0.15, 0.2) is 0 Å². The van der Waals surface area contributed by atoms with Crippen molar-refractivity contribution in [1.82, 2.24) is 14.3 Å². The quantitative estimate of drug-likeness (QED) is 0.414. The van der Waals surface area contributed by atoms with Gasteiger partial charge in [-0.3, -0.25) is 9.20 Å². The molecule has 0 saturated carbocycles. The lowest BCUT2D eigenvalue weighted by atomic mass is 10.0.